The zero-order valence-electron chi connectivity index (χ0n) is 10.4. The van der Waals surface area contributed by atoms with E-state index in [0.717, 1.165) is 11.3 Å². The average Bonchev–Trinajstić information content (AvgIpc) is 2.89. The fraction of sp³-hybridized carbons (Fsp3) is 0.0714. The fourth-order valence-corrected chi connectivity index (χ4v) is 1.80. The lowest BCUT2D eigenvalue weighted by Gasteiger charge is -1.98. The highest BCUT2D eigenvalue weighted by molar-refractivity contribution is 5.70. The maximum Gasteiger partial charge on any atom is 0.260 e. The molecule has 0 fully saturated rings. The van der Waals surface area contributed by atoms with E-state index >= 15 is 0 Å². The third-order valence-corrected chi connectivity index (χ3v) is 2.73. The molecule has 0 amide bonds. The number of nitrogens with zero attached hydrogens (tertiary/aromatic N) is 3. The van der Waals surface area contributed by atoms with E-state index in [1.807, 2.05) is 43.3 Å². The minimum atomic E-state index is 0.399. The second-order valence-corrected chi connectivity index (χ2v) is 4.17. The third-order valence-electron chi connectivity index (χ3n) is 2.73. The number of para-hydroxylation sites is 1. The van der Waals surface area contributed by atoms with Crippen LogP contribution in [-0.2, 0) is 0 Å². The second-order valence-electron chi connectivity index (χ2n) is 4.17. The summed E-state index contributed by atoms with van der Waals surface area (Å²) in [4.78, 5) is 8.69. The molecule has 0 aliphatic carbocycles. The zero-order valence-corrected chi connectivity index (χ0v) is 10.4. The Morgan fingerprint density at radius 1 is 1.00 bits per heavy atom. The van der Waals surface area contributed by atoms with Crippen LogP contribution >= 0.6 is 0 Å². The molecule has 0 atom stereocenters. The Morgan fingerprint density at radius 3 is 2.63 bits per heavy atom. The lowest BCUT2D eigenvalue weighted by molar-refractivity contribution is 0.432. The van der Waals surface area contributed by atoms with Crippen LogP contribution in [0.3, 0.4) is 0 Å². The van der Waals surface area contributed by atoms with E-state index in [0.29, 0.717) is 23.1 Å². The number of anilines is 1. The first-order valence-electron chi connectivity index (χ1n) is 5.86. The van der Waals surface area contributed by atoms with Gasteiger partial charge in [-0.15, -0.1) is 0 Å². The van der Waals surface area contributed by atoms with E-state index in [-0.39, 0.29) is 0 Å². The van der Waals surface area contributed by atoms with Gasteiger partial charge in [0.15, 0.2) is 0 Å². The first-order valence-corrected chi connectivity index (χ1v) is 5.86. The lowest BCUT2D eigenvalue weighted by Crippen LogP contribution is -1.90. The molecule has 1 aromatic carbocycles. The topological polar surface area (TPSA) is 77.8 Å². The third kappa shape index (κ3) is 2.18. The van der Waals surface area contributed by atoms with Crippen molar-refractivity contribution in [3.8, 4) is 23.0 Å². The van der Waals surface area contributed by atoms with E-state index in [9.17, 15) is 0 Å². The van der Waals surface area contributed by atoms with Gasteiger partial charge in [-0.05, 0) is 31.2 Å². The van der Waals surface area contributed by atoms with Crippen molar-refractivity contribution in [2.75, 3.05) is 5.73 Å². The van der Waals surface area contributed by atoms with Crippen LogP contribution in [0.5, 0.6) is 0 Å². The molecule has 0 saturated heterocycles. The van der Waals surface area contributed by atoms with Crippen molar-refractivity contribution in [1.82, 2.24) is 15.1 Å². The van der Waals surface area contributed by atoms with Crippen LogP contribution in [0.15, 0.2) is 47.0 Å². The maximum absolute atomic E-state index is 5.88. The number of rotatable bonds is 2. The molecule has 2 heterocycles. The average molecular weight is 252 g/mol. The van der Waals surface area contributed by atoms with Crippen molar-refractivity contribution < 1.29 is 4.52 Å². The molecular weight excluding hydrogens is 240 g/mol. The van der Waals surface area contributed by atoms with Crippen LogP contribution in [0.1, 0.15) is 5.69 Å². The summed E-state index contributed by atoms with van der Waals surface area (Å²) in [5, 5.41) is 3.94. The van der Waals surface area contributed by atoms with Crippen molar-refractivity contribution in [3.05, 3.63) is 48.2 Å². The highest BCUT2D eigenvalue weighted by atomic mass is 16.5. The molecule has 0 saturated carbocycles. The van der Waals surface area contributed by atoms with Crippen LogP contribution in [0, 0.1) is 6.92 Å². The Bertz CT molecular complexity index is 721. The molecular formula is C14H12N4O. The lowest BCUT2D eigenvalue weighted by atomic mass is 10.2. The number of aromatic nitrogens is 3. The molecule has 0 unspecified atom stereocenters. The largest absolute Gasteiger partial charge is 0.398 e. The first-order chi connectivity index (χ1) is 9.24. The first kappa shape index (κ1) is 11.4. The van der Waals surface area contributed by atoms with Crippen molar-refractivity contribution in [3.63, 3.8) is 0 Å². The summed E-state index contributed by atoms with van der Waals surface area (Å²) in [7, 11) is 0. The zero-order chi connectivity index (χ0) is 13.2. The predicted octanol–water partition coefficient (Wildman–Crippen LogP) is 2.69. The highest BCUT2D eigenvalue weighted by Gasteiger charge is 2.13. The molecule has 0 aliphatic rings. The van der Waals surface area contributed by atoms with Gasteiger partial charge in [0.1, 0.15) is 5.69 Å². The SMILES string of the molecule is Cc1cccc(-c2noc(-c3ccccc3N)n2)n1. The van der Waals surface area contributed by atoms with Gasteiger partial charge in [-0.3, -0.25) is 0 Å². The summed E-state index contributed by atoms with van der Waals surface area (Å²) in [5.41, 5.74) is 8.81. The molecule has 3 aromatic rings. The summed E-state index contributed by atoms with van der Waals surface area (Å²) < 4.78 is 5.24. The molecule has 2 N–H and O–H groups in total. The summed E-state index contributed by atoms with van der Waals surface area (Å²) >= 11 is 0. The molecule has 5 nitrogen and oxygen atoms in total. The summed E-state index contributed by atoms with van der Waals surface area (Å²) in [5.74, 6) is 0.860. The Labute approximate surface area is 110 Å². The molecule has 0 aliphatic heterocycles. The van der Waals surface area contributed by atoms with Gasteiger partial charge in [0, 0.05) is 11.4 Å². The van der Waals surface area contributed by atoms with Crippen LogP contribution in [0.2, 0.25) is 0 Å². The molecule has 19 heavy (non-hydrogen) atoms. The van der Waals surface area contributed by atoms with E-state index in [1.165, 1.54) is 0 Å². The van der Waals surface area contributed by atoms with Gasteiger partial charge in [0.25, 0.3) is 5.89 Å². The summed E-state index contributed by atoms with van der Waals surface area (Å²) in [6, 6.07) is 13.0. The van der Waals surface area contributed by atoms with Crippen molar-refractivity contribution >= 4 is 5.69 Å². The van der Waals surface area contributed by atoms with Crippen molar-refractivity contribution in [2.45, 2.75) is 6.92 Å². The second kappa shape index (κ2) is 4.53. The van der Waals surface area contributed by atoms with Crippen LogP contribution < -0.4 is 5.73 Å². The molecule has 0 spiro atoms. The van der Waals surface area contributed by atoms with Gasteiger partial charge in [-0.2, -0.15) is 4.98 Å². The minimum absolute atomic E-state index is 0.399. The van der Waals surface area contributed by atoms with Gasteiger partial charge in [-0.1, -0.05) is 23.4 Å². The number of hydrogen-bond donors (Lipinski definition) is 1. The number of benzene rings is 1. The molecule has 5 heteroatoms. The van der Waals surface area contributed by atoms with E-state index in [4.69, 9.17) is 10.3 Å². The van der Waals surface area contributed by atoms with Crippen LogP contribution in [0.25, 0.3) is 23.0 Å². The molecule has 2 aromatic heterocycles. The number of aryl methyl sites for hydroxylation is 1. The molecule has 3 rings (SSSR count). The number of pyridine rings is 1. The van der Waals surface area contributed by atoms with E-state index in [2.05, 4.69) is 15.1 Å². The van der Waals surface area contributed by atoms with Crippen LogP contribution in [-0.4, -0.2) is 15.1 Å². The van der Waals surface area contributed by atoms with Crippen molar-refractivity contribution in [2.24, 2.45) is 0 Å². The number of nitrogens with two attached hydrogens (primary N) is 1. The Kier molecular flexibility index (Phi) is 2.72. The summed E-state index contributed by atoms with van der Waals surface area (Å²) in [6.45, 7) is 1.92. The molecule has 0 bridgehead atoms. The van der Waals surface area contributed by atoms with Gasteiger partial charge < -0.3 is 10.3 Å². The maximum atomic E-state index is 5.88. The van der Waals surface area contributed by atoms with E-state index in [1.54, 1.807) is 6.07 Å². The summed E-state index contributed by atoms with van der Waals surface area (Å²) in [6.07, 6.45) is 0. The van der Waals surface area contributed by atoms with Crippen LogP contribution in [0.4, 0.5) is 5.69 Å². The molecule has 94 valence electrons. The number of nitrogen functional groups attached to an aromatic ring is 1. The fourth-order valence-electron chi connectivity index (χ4n) is 1.80. The van der Waals surface area contributed by atoms with Gasteiger partial charge >= 0.3 is 0 Å². The quantitative estimate of drug-likeness (QED) is 0.709. The van der Waals surface area contributed by atoms with E-state index < -0.39 is 0 Å². The van der Waals surface area contributed by atoms with Gasteiger partial charge in [0.05, 0.1) is 5.56 Å². The van der Waals surface area contributed by atoms with Gasteiger partial charge in [-0.25, -0.2) is 4.98 Å². The smallest absolute Gasteiger partial charge is 0.260 e. The predicted molar refractivity (Wildman–Crippen MR) is 72.1 cm³/mol. The molecule has 0 radical (unpaired) electrons. The Balaban J connectivity index is 2.03. The minimum Gasteiger partial charge on any atom is -0.398 e. The van der Waals surface area contributed by atoms with Crippen molar-refractivity contribution in [1.29, 1.82) is 0 Å². The normalized spacial score (nSPS) is 10.6. The Morgan fingerprint density at radius 2 is 1.84 bits per heavy atom. The standard InChI is InChI=1S/C14H12N4O/c1-9-5-4-8-12(16-9)13-17-14(19-18-13)10-6-2-3-7-11(10)15/h2-8H,15H2,1H3. The number of hydrogen-bond acceptors (Lipinski definition) is 5. The Hall–Kier alpha value is -2.69. The van der Waals surface area contributed by atoms with Gasteiger partial charge in [0.2, 0.25) is 5.82 Å². The monoisotopic (exact) mass is 252 g/mol. The highest BCUT2D eigenvalue weighted by Crippen LogP contribution is 2.25.